The highest BCUT2D eigenvalue weighted by atomic mass is 31.2. The summed E-state index contributed by atoms with van der Waals surface area (Å²) in [5.74, 6) is -1.86. The third-order valence-corrected chi connectivity index (χ3v) is 5.20. The Hall–Kier alpha value is -2.68. The van der Waals surface area contributed by atoms with E-state index in [1.165, 1.54) is 16.8 Å². The Morgan fingerprint density at radius 2 is 1.97 bits per heavy atom. The normalized spacial score (nSPS) is 19.1. The van der Waals surface area contributed by atoms with Crippen LogP contribution in [-0.4, -0.2) is 65.4 Å². The van der Waals surface area contributed by atoms with Gasteiger partial charge in [0.05, 0.1) is 19.1 Å². The number of hydrogen-bond acceptors (Lipinski definition) is 12. The van der Waals surface area contributed by atoms with E-state index in [-0.39, 0.29) is 31.7 Å². The number of nitrogens with one attached hydrogen (secondary N) is 2. The van der Waals surface area contributed by atoms with Gasteiger partial charge in [-0.25, -0.2) is 4.79 Å². The van der Waals surface area contributed by atoms with Crippen molar-refractivity contribution in [1.82, 2.24) is 14.9 Å². The summed E-state index contributed by atoms with van der Waals surface area (Å²) in [6.07, 6.45) is 1.01. The fourth-order valence-corrected chi connectivity index (χ4v) is 3.38. The van der Waals surface area contributed by atoms with Gasteiger partial charge in [-0.15, -0.1) is 0 Å². The smallest absolute Gasteiger partial charge is 0.351 e. The van der Waals surface area contributed by atoms with Gasteiger partial charge < -0.3 is 39.2 Å². The Labute approximate surface area is 200 Å². The molecule has 1 aliphatic rings. The lowest BCUT2D eigenvalue weighted by atomic mass is 10.2. The zero-order chi connectivity index (χ0) is 25.8. The predicted molar refractivity (Wildman–Crippen MR) is 115 cm³/mol. The molecule has 15 nitrogen and oxygen atoms in total. The molecule has 0 bridgehead atoms. The molecule has 0 aromatic carbocycles. The van der Waals surface area contributed by atoms with Crippen molar-refractivity contribution >= 4 is 31.5 Å². The van der Waals surface area contributed by atoms with Gasteiger partial charge in [-0.2, -0.15) is 4.98 Å². The molecule has 2 rings (SSSR count). The maximum Gasteiger partial charge on any atom is 0.351 e. The molecule has 1 fully saturated rings. The molecule has 1 aromatic heterocycles. The second-order valence-electron chi connectivity index (χ2n) is 7.46. The van der Waals surface area contributed by atoms with E-state index < -0.39 is 50.5 Å². The van der Waals surface area contributed by atoms with Gasteiger partial charge >= 0.3 is 17.6 Å². The van der Waals surface area contributed by atoms with E-state index in [0.717, 1.165) is 0 Å². The second kappa shape index (κ2) is 14.0. The van der Waals surface area contributed by atoms with Gasteiger partial charge in [-0.3, -0.25) is 23.5 Å². The first kappa shape index (κ1) is 28.6. The molecule has 35 heavy (non-hydrogen) atoms. The fourth-order valence-electron chi connectivity index (χ4n) is 3.03. The number of anilines is 1. The summed E-state index contributed by atoms with van der Waals surface area (Å²) < 4.78 is 31.2. The number of rotatable bonds is 14. The summed E-state index contributed by atoms with van der Waals surface area (Å²) in [6, 6.07) is 1.36. The lowest BCUT2D eigenvalue weighted by Crippen LogP contribution is -2.28. The van der Waals surface area contributed by atoms with Crippen LogP contribution in [0.5, 0.6) is 0 Å². The maximum absolute atomic E-state index is 12.3. The predicted octanol–water partition coefficient (Wildman–Crippen LogP) is -0.840. The molecule has 1 aromatic rings. The van der Waals surface area contributed by atoms with Gasteiger partial charge in [0, 0.05) is 19.0 Å². The molecule has 3 atom stereocenters. The molecule has 196 valence electrons. The molecule has 1 saturated heterocycles. The summed E-state index contributed by atoms with van der Waals surface area (Å²) in [5.41, 5.74) is -0.720. The number of aromatic nitrogens is 2. The van der Waals surface area contributed by atoms with Gasteiger partial charge in [0.15, 0.2) is 0 Å². The number of amides is 1. The zero-order valence-electron chi connectivity index (χ0n) is 19.0. The third-order valence-electron chi connectivity index (χ3n) is 4.72. The van der Waals surface area contributed by atoms with Crippen molar-refractivity contribution in [3.05, 3.63) is 22.7 Å². The monoisotopic (exact) mass is 519 g/mol. The minimum absolute atomic E-state index is 0.0365. The number of phosphoric acid groups is 1. The molecule has 0 saturated carbocycles. The molecule has 0 aliphatic carbocycles. The molecule has 1 unspecified atom stereocenters. The van der Waals surface area contributed by atoms with E-state index in [9.17, 15) is 28.6 Å². The number of hydrogen-bond donors (Lipinski definition) is 3. The van der Waals surface area contributed by atoms with Gasteiger partial charge in [0.2, 0.25) is 12.7 Å². The molecule has 16 heteroatoms. The average Bonchev–Trinajstić information content (AvgIpc) is 3.25. The van der Waals surface area contributed by atoms with Crippen LogP contribution >= 0.6 is 7.82 Å². The van der Waals surface area contributed by atoms with Crippen molar-refractivity contribution in [1.29, 1.82) is 0 Å². The first-order chi connectivity index (χ1) is 16.6. The molecule has 1 amide bonds. The molecule has 3 N–H and O–H groups in total. The third kappa shape index (κ3) is 11.1. The van der Waals surface area contributed by atoms with Crippen molar-refractivity contribution in [3.8, 4) is 0 Å². The molecular weight excluding hydrogens is 491 g/mol. The number of nitrogens with zero attached hydrogens (tertiary/aromatic N) is 2. The van der Waals surface area contributed by atoms with E-state index >= 15 is 0 Å². The van der Waals surface area contributed by atoms with Gasteiger partial charge in [0.25, 0.3) is 7.82 Å². The van der Waals surface area contributed by atoms with Crippen molar-refractivity contribution in [2.24, 2.45) is 0 Å². The van der Waals surface area contributed by atoms with Crippen LogP contribution in [0.15, 0.2) is 17.1 Å². The standard InChI is InChI=1S/C19H29N4O11P/c1-20-9-2-3-17(25)31-12-32-18(26)7-5-15(24)21-14-8-10-23(19(27)22-14)16-6-4-13(34-16)11-33-35(28,29)30/h8,10,13,16,20H,2-7,9,11-12H2,1H3,(H2,28,29,30)(H,21,22,24,27)/p-1/t13-,16+/m0/s1. The molecule has 0 spiro atoms. The topological polar surface area (TPSA) is 207 Å². The van der Waals surface area contributed by atoms with E-state index in [2.05, 4.69) is 20.1 Å². The van der Waals surface area contributed by atoms with E-state index in [4.69, 9.17) is 19.1 Å². The minimum atomic E-state index is -4.87. The second-order valence-corrected chi connectivity index (χ2v) is 8.66. The average molecular weight is 519 g/mol. The Balaban J connectivity index is 1.71. The maximum atomic E-state index is 12.3. The Morgan fingerprint density at radius 1 is 1.26 bits per heavy atom. The Morgan fingerprint density at radius 3 is 2.63 bits per heavy atom. The minimum Gasteiger partial charge on any atom is -0.756 e. The summed E-state index contributed by atoms with van der Waals surface area (Å²) in [6.45, 7) is -0.269. The Kier molecular flexibility index (Phi) is 11.4. The highest BCUT2D eigenvalue weighted by molar-refractivity contribution is 7.44. The van der Waals surface area contributed by atoms with Crippen molar-refractivity contribution < 1.29 is 47.5 Å². The van der Waals surface area contributed by atoms with Crippen LogP contribution in [0.1, 0.15) is 44.8 Å². The highest BCUT2D eigenvalue weighted by Crippen LogP contribution is 2.34. The quantitative estimate of drug-likeness (QED) is 0.119. The molecule has 2 heterocycles. The van der Waals surface area contributed by atoms with Crippen molar-refractivity contribution in [2.45, 2.75) is 50.9 Å². The lowest BCUT2D eigenvalue weighted by Gasteiger charge is -2.19. The van der Waals surface area contributed by atoms with Crippen LogP contribution in [0.2, 0.25) is 0 Å². The number of ether oxygens (including phenoxy) is 3. The summed E-state index contributed by atoms with van der Waals surface area (Å²) in [4.78, 5) is 70.5. The SMILES string of the molecule is CNCCCC(=O)OCOC(=O)CCC(=O)Nc1ccn([C@H]2CC[C@@H](COP(=O)([O-])O)O2)c(=O)n1. The van der Waals surface area contributed by atoms with Crippen LogP contribution in [0.4, 0.5) is 5.82 Å². The van der Waals surface area contributed by atoms with Crippen LogP contribution in [0, 0.1) is 0 Å². The highest BCUT2D eigenvalue weighted by Gasteiger charge is 2.28. The van der Waals surface area contributed by atoms with Gasteiger partial charge in [-0.05, 0) is 38.9 Å². The van der Waals surface area contributed by atoms with Crippen LogP contribution in [0.3, 0.4) is 0 Å². The largest absolute Gasteiger partial charge is 0.756 e. The summed E-state index contributed by atoms with van der Waals surface area (Å²) in [5, 5.41) is 5.27. The number of esters is 2. The number of phosphoric ester groups is 1. The molecule has 0 radical (unpaired) electrons. The lowest BCUT2D eigenvalue weighted by molar-refractivity contribution is -0.222. The molecular formula is C19H28N4O11P-. The van der Waals surface area contributed by atoms with Crippen molar-refractivity contribution in [2.75, 3.05) is 32.3 Å². The van der Waals surface area contributed by atoms with Crippen molar-refractivity contribution in [3.63, 3.8) is 0 Å². The van der Waals surface area contributed by atoms with E-state index in [1.54, 1.807) is 7.05 Å². The zero-order valence-corrected chi connectivity index (χ0v) is 19.9. The number of carbonyl (C=O) groups excluding carboxylic acids is 3. The molecule has 1 aliphatic heterocycles. The summed E-state index contributed by atoms with van der Waals surface area (Å²) in [7, 11) is -3.11. The van der Waals surface area contributed by atoms with E-state index in [1.807, 2.05) is 0 Å². The first-order valence-electron chi connectivity index (χ1n) is 10.8. The van der Waals surface area contributed by atoms with E-state index in [0.29, 0.717) is 25.8 Å². The van der Waals surface area contributed by atoms with Gasteiger partial charge in [-0.1, -0.05) is 0 Å². The fraction of sp³-hybridized carbons (Fsp3) is 0.632. The van der Waals surface area contributed by atoms with Crippen LogP contribution < -0.4 is 21.2 Å². The summed E-state index contributed by atoms with van der Waals surface area (Å²) >= 11 is 0. The number of carbonyl (C=O) groups is 3. The van der Waals surface area contributed by atoms with Crippen LogP contribution in [-0.2, 0) is 37.7 Å². The first-order valence-corrected chi connectivity index (χ1v) is 12.3. The Bertz CT molecular complexity index is 980. The van der Waals surface area contributed by atoms with Gasteiger partial charge in [0.1, 0.15) is 12.0 Å². The van der Waals surface area contributed by atoms with Crippen LogP contribution in [0.25, 0.3) is 0 Å².